The summed E-state index contributed by atoms with van der Waals surface area (Å²) in [6.45, 7) is 2.24. The van der Waals surface area contributed by atoms with Crippen LogP contribution in [0.2, 0.25) is 0 Å². The topological polar surface area (TPSA) is 103 Å². The van der Waals surface area contributed by atoms with Crippen LogP contribution in [0.1, 0.15) is 22.5 Å². The Morgan fingerprint density at radius 3 is 2.79 bits per heavy atom. The number of benzene rings is 2. The maximum Gasteiger partial charge on any atom is 0.185 e. The quantitative estimate of drug-likeness (QED) is 0.378. The van der Waals surface area contributed by atoms with Crippen LogP contribution in [-0.2, 0) is 6.54 Å². The Balaban J connectivity index is 0.00000241. The van der Waals surface area contributed by atoms with E-state index >= 15 is 0 Å². The van der Waals surface area contributed by atoms with Crippen LogP contribution in [-0.4, -0.2) is 43.3 Å². The summed E-state index contributed by atoms with van der Waals surface area (Å²) in [5.41, 5.74) is 11.3. The molecule has 1 fully saturated rings. The van der Waals surface area contributed by atoms with Gasteiger partial charge >= 0.3 is 0 Å². The molecule has 5 aromatic rings. The number of nitrogens with two attached hydrogens (primary N) is 1. The maximum absolute atomic E-state index is 13.2. The number of hydrogen-bond donors (Lipinski definition) is 2. The number of nitrogen functional groups attached to an aromatic ring is 1. The summed E-state index contributed by atoms with van der Waals surface area (Å²) in [5, 5.41) is 13.4. The van der Waals surface area contributed by atoms with E-state index in [2.05, 4.69) is 27.5 Å². The molecule has 0 saturated carbocycles. The van der Waals surface area contributed by atoms with E-state index in [1.807, 2.05) is 53.3 Å². The molecule has 3 N–H and O–H groups in total. The minimum absolute atomic E-state index is 0. The molecule has 0 bridgehead atoms. The van der Waals surface area contributed by atoms with Crippen molar-refractivity contribution in [1.29, 1.82) is 0 Å². The number of carbonyl (C=O) groups excluding carboxylic acids is 1. The van der Waals surface area contributed by atoms with Gasteiger partial charge in [-0.3, -0.25) is 9.48 Å². The van der Waals surface area contributed by atoms with Gasteiger partial charge in [0.15, 0.2) is 11.6 Å². The van der Waals surface area contributed by atoms with Crippen LogP contribution in [0.15, 0.2) is 67.1 Å². The number of anilines is 1. The second kappa shape index (κ2) is 8.89. The van der Waals surface area contributed by atoms with Gasteiger partial charge in [-0.2, -0.15) is 10.2 Å². The Hall–Kier alpha value is -3.75. The summed E-state index contributed by atoms with van der Waals surface area (Å²) >= 11 is 0. The van der Waals surface area contributed by atoms with Gasteiger partial charge in [-0.05, 0) is 36.2 Å². The number of rotatable bonds is 5. The highest BCUT2D eigenvalue weighted by atomic mass is 35.5. The van der Waals surface area contributed by atoms with Gasteiger partial charge in [0.1, 0.15) is 17.5 Å². The molecule has 4 heterocycles. The first kappa shape index (κ1) is 22.1. The predicted molar refractivity (Wildman–Crippen MR) is 134 cm³/mol. The Labute approximate surface area is 202 Å². The molecule has 1 saturated heterocycles. The number of fused-ring (bicyclic) bond motifs is 2. The second-order valence-electron chi connectivity index (χ2n) is 8.49. The molecule has 2 aromatic carbocycles. The summed E-state index contributed by atoms with van der Waals surface area (Å²) in [5.74, 6) is 0.370. The van der Waals surface area contributed by atoms with E-state index in [4.69, 9.17) is 10.8 Å². The third-order valence-corrected chi connectivity index (χ3v) is 6.32. The van der Waals surface area contributed by atoms with Crippen LogP contribution < -0.4 is 11.1 Å². The molecule has 9 heteroatoms. The highest BCUT2D eigenvalue weighted by Gasteiger charge is 2.28. The lowest BCUT2D eigenvalue weighted by Crippen LogP contribution is -2.20. The zero-order valence-corrected chi connectivity index (χ0v) is 19.2. The number of carbonyl (C=O) groups is 1. The van der Waals surface area contributed by atoms with Gasteiger partial charge in [-0.25, -0.2) is 9.50 Å². The standard InChI is InChI=1S/C25H23N7O.ClH/c26-25-23-20(11-22(32(23)29-15-28-25)24(33)18-8-9-27-12-18)17-6-7-19-14-31(30-21(19)10-17)13-16-4-2-1-3-5-16;/h1-7,10-11,14-15,18,27H,8-9,12-13H2,(H2,26,28,29);1H. The number of Topliss-reactive ketones (excluding diaryl/α,β-unsaturated/α-hetero) is 1. The summed E-state index contributed by atoms with van der Waals surface area (Å²) < 4.78 is 3.58. The van der Waals surface area contributed by atoms with E-state index in [0.29, 0.717) is 30.1 Å². The van der Waals surface area contributed by atoms with Crippen molar-refractivity contribution >= 4 is 40.4 Å². The number of aromatic nitrogens is 5. The fraction of sp³-hybridized carbons (Fsp3) is 0.200. The first-order chi connectivity index (χ1) is 16.2. The van der Waals surface area contributed by atoms with Crippen molar-refractivity contribution in [3.8, 4) is 11.1 Å². The number of nitrogens with zero attached hydrogens (tertiary/aromatic N) is 5. The van der Waals surface area contributed by atoms with E-state index in [1.165, 1.54) is 11.9 Å². The van der Waals surface area contributed by atoms with Gasteiger partial charge in [0, 0.05) is 29.6 Å². The highest BCUT2D eigenvalue weighted by Crippen LogP contribution is 2.33. The van der Waals surface area contributed by atoms with Gasteiger partial charge in [-0.1, -0.05) is 42.5 Å². The zero-order chi connectivity index (χ0) is 22.4. The summed E-state index contributed by atoms with van der Waals surface area (Å²) in [4.78, 5) is 17.4. The van der Waals surface area contributed by atoms with Crippen LogP contribution in [0.4, 0.5) is 5.82 Å². The molecule has 1 unspecified atom stereocenters. The molecule has 172 valence electrons. The van der Waals surface area contributed by atoms with Crippen LogP contribution in [0.5, 0.6) is 0 Å². The number of ketones is 1. The minimum Gasteiger partial charge on any atom is -0.382 e. The van der Waals surface area contributed by atoms with Crippen LogP contribution >= 0.6 is 12.4 Å². The second-order valence-corrected chi connectivity index (χ2v) is 8.49. The van der Waals surface area contributed by atoms with Gasteiger partial charge in [0.05, 0.1) is 12.1 Å². The SMILES string of the molecule is Cl.Nc1ncnn2c(C(=O)C3CCNC3)cc(-c3ccc4cn(Cc5ccccc5)nc4c3)c12. The Morgan fingerprint density at radius 2 is 2.00 bits per heavy atom. The number of nitrogens with one attached hydrogen (secondary N) is 1. The monoisotopic (exact) mass is 473 g/mol. The largest absolute Gasteiger partial charge is 0.382 e. The molecule has 0 spiro atoms. The first-order valence-electron chi connectivity index (χ1n) is 11.1. The molecule has 1 atom stereocenters. The van der Waals surface area contributed by atoms with Crippen molar-refractivity contribution in [2.24, 2.45) is 5.92 Å². The molecule has 0 radical (unpaired) electrons. The molecular formula is C25H24ClN7O. The van der Waals surface area contributed by atoms with Crippen LogP contribution in [0.25, 0.3) is 27.5 Å². The van der Waals surface area contributed by atoms with E-state index in [0.717, 1.165) is 35.0 Å². The maximum atomic E-state index is 13.2. The Kier molecular flexibility index (Phi) is 5.77. The van der Waals surface area contributed by atoms with Crippen molar-refractivity contribution in [3.63, 3.8) is 0 Å². The minimum atomic E-state index is -0.0525. The molecule has 0 amide bonds. The van der Waals surface area contributed by atoms with Gasteiger partial charge in [-0.15, -0.1) is 12.4 Å². The lowest BCUT2D eigenvalue weighted by atomic mass is 10.00. The smallest absolute Gasteiger partial charge is 0.185 e. The summed E-state index contributed by atoms with van der Waals surface area (Å²) in [6, 6.07) is 18.2. The average Bonchev–Trinajstić information content (AvgIpc) is 3.57. The van der Waals surface area contributed by atoms with E-state index < -0.39 is 0 Å². The lowest BCUT2D eigenvalue weighted by Gasteiger charge is -2.06. The molecule has 8 nitrogen and oxygen atoms in total. The van der Waals surface area contributed by atoms with E-state index in [9.17, 15) is 4.79 Å². The highest BCUT2D eigenvalue weighted by molar-refractivity contribution is 6.03. The van der Waals surface area contributed by atoms with Crippen molar-refractivity contribution in [2.45, 2.75) is 13.0 Å². The van der Waals surface area contributed by atoms with Crippen molar-refractivity contribution in [1.82, 2.24) is 29.7 Å². The predicted octanol–water partition coefficient (Wildman–Crippen LogP) is 3.59. The lowest BCUT2D eigenvalue weighted by molar-refractivity contribution is 0.0923. The Bertz CT molecular complexity index is 1490. The average molecular weight is 474 g/mol. The molecule has 34 heavy (non-hydrogen) atoms. The first-order valence-corrected chi connectivity index (χ1v) is 11.1. The molecule has 1 aliphatic rings. The molecule has 1 aliphatic heterocycles. The van der Waals surface area contributed by atoms with Gasteiger partial charge in [0.25, 0.3) is 0 Å². The molecule has 0 aliphatic carbocycles. The number of hydrogen-bond acceptors (Lipinski definition) is 6. The molecule has 3 aromatic heterocycles. The van der Waals surface area contributed by atoms with Gasteiger partial charge in [0.2, 0.25) is 0 Å². The van der Waals surface area contributed by atoms with E-state index in [1.54, 1.807) is 4.52 Å². The van der Waals surface area contributed by atoms with Gasteiger partial charge < -0.3 is 11.1 Å². The molecular weight excluding hydrogens is 450 g/mol. The van der Waals surface area contributed by atoms with Crippen LogP contribution in [0, 0.1) is 5.92 Å². The third kappa shape index (κ3) is 3.81. The van der Waals surface area contributed by atoms with Crippen molar-refractivity contribution < 1.29 is 4.79 Å². The van der Waals surface area contributed by atoms with Crippen molar-refractivity contribution in [2.75, 3.05) is 18.8 Å². The van der Waals surface area contributed by atoms with E-state index in [-0.39, 0.29) is 24.1 Å². The Morgan fingerprint density at radius 1 is 1.15 bits per heavy atom. The molecule has 6 rings (SSSR count). The van der Waals surface area contributed by atoms with Crippen LogP contribution in [0.3, 0.4) is 0 Å². The zero-order valence-electron chi connectivity index (χ0n) is 18.4. The summed E-state index contributed by atoms with van der Waals surface area (Å²) in [7, 11) is 0. The van der Waals surface area contributed by atoms with Crippen molar-refractivity contribution in [3.05, 3.63) is 78.4 Å². The fourth-order valence-corrected chi connectivity index (χ4v) is 4.64. The number of halogens is 1. The normalized spacial score (nSPS) is 15.6. The fourth-order valence-electron chi connectivity index (χ4n) is 4.64. The summed E-state index contributed by atoms with van der Waals surface area (Å²) in [6.07, 6.45) is 4.26. The third-order valence-electron chi connectivity index (χ3n) is 6.32.